The Morgan fingerprint density at radius 3 is 2.09 bits per heavy atom. The fourth-order valence-corrected chi connectivity index (χ4v) is 3.24. The lowest BCUT2D eigenvalue weighted by Gasteiger charge is -2.18. The van der Waals surface area contributed by atoms with Crippen LogP contribution in [0, 0.1) is 13.8 Å². The molecular formula is C22H23B. The minimum absolute atomic E-state index is 0.518. The lowest BCUT2D eigenvalue weighted by molar-refractivity contribution is 1.42. The molecule has 0 fully saturated rings. The van der Waals surface area contributed by atoms with Gasteiger partial charge < -0.3 is 0 Å². The third-order valence-corrected chi connectivity index (χ3v) is 4.54. The molecule has 1 heteroatoms. The van der Waals surface area contributed by atoms with Crippen LogP contribution in [0.5, 0.6) is 0 Å². The van der Waals surface area contributed by atoms with Gasteiger partial charge in [-0.05, 0) is 53.3 Å². The van der Waals surface area contributed by atoms with Crippen LogP contribution in [0.4, 0.5) is 0 Å². The number of hydrogen-bond donors (Lipinski definition) is 0. The maximum atomic E-state index is 2.35. The second-order valence-corrected chi connectivity index (χ2v) is 6.59. The van der Waals surface area contributed by atoms with Gasteiger partial charge in [0.15, 0.2) is 6.71 Å². The smallest absolute Gasteiger partial charge is 0.0819 e. The molecule has 114 valence electrons. The molecule has 0 heterocycles. The Balaban J connectivity index is 2.22. The van der Waals surface area contributed by atoms with Crippen LogP contribution in [0.1, 0.15) is 11.1 Å². The van der Waals surface area contributed by atoms with Gasteiger partial charge in [-0.25, -0.2) is 0 Å². The standard InChI is InChI=1S/C22H23B/c1-16-13-14-19(18-10-6-5-7-11-18)15-20(16)22-17(2)9-8-12-21(22)23(3)4/h5-15H,1-4H3. The van der Waals surface area contributed by atoms with E-state index in [2.05, 4.69) is 94.2 Å². The third-order valence-electron chi connectivity index (χ3n) is 4.54. The molecule has 3 aromatic rings. The first kappa shape index (κ1) is 15.6. The Morgan fingerprint density at radius 2 is 1.39 bits per heavy atom. The summed E-state index contributed by atoms with van der Waals surface area (Å²) in [5, 5.41) is 0. The third kappa shape index (κ3) is 3.10. The molecule has 0 aliphatic rings. The molecule has 0 nitrogen and oxygen atoms in total. The zero-order chi connectivity index (χ0) is 16.4. The van der Waals surface area contributed by atoms with Gasteiger partial charge >= 0.3 is 0 Å². The van der Waals surface area contributed by atoms with Gasteiger partial charge in [-0.3, -0.25) is 0 Å². The van der Waals surface area contributed by atoms with Crippen LogP contribution in [0.2, 0.25) is 13.6 Å². The topological polar surface area (TPSA) is 0 Å². The summed E-state index contributed by atoms with van der Waals surface area (Å²) in [4.78, 5) is 0. The summed E-state index contributed by atoms with van der Waals surface area (Å²) in [5.41, 5.74) is 9.42. The molecule has 0 aromatic heterocycles. The van der Waals surface area contributed by atoms with Crippen LogP contribution < -0.4 is 5.46 Å². The molecule has 3 aromatic carbocycles. The first-order chi connectivity index (χ1) is 11.1. The van der Waals surface area contributed by atoms with Gasteiger partial charge in [-0.15, -0.1) is 0 Å². The molecule has 0 saturated heterocycles. The molecular weight excluding hydrogens is 275 g/mol. The SMILES string of the molecule is CB(C)c1cccc(C)c1-c1cc(-c2ccccc2)ccc1C. The molecule has 0 N–H and O–H groups in total. The summed E-state index contributed by atoms with van der Waals surface area (Å²) >= 11 is 0. The molecule has 0 aliphatic heterocycles. The Bertz CT molecular complexity index is 817. The molecule has 3 rings (SSSR count). The monoisotopic (exact) mass is 298 g/mol. The van der Waals surface area contributed by atoms with Crippen molar-refractivity contribution in [1.29, 1.82) is 0 Å². The minimum atomic E-state index is 0.518. The molecule has 0 saturated carbocycles. The molecule has 0 aliphatic carbocycles. The highest BCUT2D eigenvalue weighted by atomic mass is 14.1. The van der Waals surface area contributed by atoms with Gasteiger partial charge in [0, 0.05) is 0 Å². The molecule has 0 amide bonds. The van der Waals surface area contributed by atoms with E-state index in [4.69, 9.17) is 0 Å². The van der Waals surface area contributed by atoms with E-state index in [1.807, 2.05) is 0 Å². The van der Waals surface area contributed by atoms with Crippen molar-refractivity contribution in [1.82, 2.24) is 0 Å². The average Bonchev–Trinajstić information content (AvgIpc) is 2.56. The van der Waals surface area contributed by atoms with Gasteiger partial charge in [0.25, 0.3) is 0 Å². The van der Waals surface area contributed by atoms with Gasteiger partial charge in [-0.1, -0.05) is 79.8 Å². The zero-order valence-corrected chi connectivity index (χ0v) is 14.4. The maximum absolute atomic E-state index is 2.35. The summed E-state index contributed by atoms with van der Waals surface area (Å²) < 4.78 is 0. The van der Waals surface area contributed by atoms with Crippen molar-refractivity contribution in [2.24, 2.45) is 0 Å². The highest BCUT2D eigenvalue weighted by Crippen LogP contribution is 2.30. The second-order valence-electron chi connectivity index (χ2n) is 6.59. The molecule has 0 radical (unpaired) electrons. The van der Waals surface area contributed by atoms with Crippen molar-refractivity contribution >= 4 is 12.2 Å². The summed E-state index contributed by atoms with van der Waals surface area (Å²) in [5.74, 6) is 0. The second kappa shape index (κ2) is 6.46. The van der Waals surface area contributed by atoms with E-state index >= 15 is 0 Å². The van der Waals surface area contributed by atoms with Crippen molar-refractivity contribution in [2.45, 2.75) is 27.5 Å². The molecule has 0 atom stereocenters. The van der Waals surface area contributed by atoms with E-state index < -0.39 is 0 Å². The van der Waals surface area contributed by atoms with Crippen LogP contribution in [0.15, 0.2) is 66.7 Å². The van der Waals surface area contributed by atoms with E-state index in [0.29, 0.717) is 6.71 Å². The molecule has 0 spiro atoms. The van der Waals surface area contributed by atoms with Crippen LogP contribution >= 0.6 is 0 Å². The van der Waals surface area contributed by atoms with Crippen molar-refractivity contribution in [2.75, 3.05) is 0 Å². The number of hydrogen-bond acceptors (Lipinski definition) is 0. The summed E-state index contributed by atoms with van der Waals surface area (Å²) in [6.07, 6.45) is 0. The number of aryl methyl sites for hydroxylation is 2. The van der Waals surface area contributed by atoms with Crippen molar-refractivity contribution in [3.63, 3.8) is 0 Å². The Hall–Kier alpha value is -2.28. The molecule has 0 bridgehead atoms. The van der Waals surface area contributed by atoms with Crippen LogP contribution in [0.25, 0.3) is 22.3 Å². The zero-order valence-electron chi connectivity index (χ0n) is 14.4. The number of rotatable bonds is 3. The van der Waals surface area contributed by atoms with Crippen molar-refractivity contribution in [3.05, 3.63) is 77.9 Å². The average molecular weight is 298 g/mol. The molecule has 0 unspecified atom stereocenters. The fraction of sp³-hybridized carbons (Fsp3) is 0.182. The fourth-order valence-electron chi connectivity index (χ4n) is 3.24. The van der Waals surface area contributed by atoms with Gasteiger partial charge in [0.2, 0.25) is 0 Å². The van der Waals surface area contributed by atoms with Crippen LogP contribution in [-0.2, 0) is 0 Å². The maximum Gasteiger partial charge on any atom is 0.170 e. The lowest BCUT2D eigenvalue weighted by atomic mass is 9.47. The first-order valence-electron chi connectivity index (χ1n) is 8.34. The lowest BCUT2D eigenvalue weighted by Crippen LogP contribution is -2.25. The van der Waals surface area contributed by atoms with Gasteiger partial charge in [-0.2, -0.15) is 0 Å². The first-order valence-corrected chi connectivity index (χ1v) is 8.34. The van der Waals surface area contributed by atoms with E-state index in [-0.39, 0.29) is 0 Å². The minimum Gasteiger partial charge on any atom is -0.0819 e. The predicted molar refractivity (Wildman–Crippen MR) is 104 cm³/mol. The normalized spacial score (nSPS) is 10.6. The predicted octanol–water partition coefficient (Wildman–Crippen LogP) is 5.60. The molecule has 23 heavy (non-hydrogen) atoms. The van der Waals surface area contributed by atoms with Crippen molar-refractivity contribution < 1.29 is 0 Å². The van der Waals surface area contributed by atoms with E-state index in [0.717, 1.165) is 0 Å². The summed E-state index contributed by atoms with van der Waals surface area (Å²) in [7, 11) is 0. The Kier molecular flexibility index (Phi) is 4.38. The highest BCUT2D eigenvalue weighted by molar-refractivity contribution is 6.72. The quantitative estimate of drug-likeness (QED) is 0.552. The van der Waals surface area contributed by atoms with Gasteiger partial charge in [0.1, 0.15) is 0 Å². The largest absolute Gasteiger partial charge is 0.170 e. The summed E-state index contributed by atoms with van der Waals surface area (Å²) in [6.45, 7) is 9.49. The van der Waals surface area contributed by atoms with Crippen LogP contribution in [-0.4, -0.2) is 6.71 Å². The van der Waals surface area contributed by atoms with Crippen molar-refractivity contribution in [3.8, 4) is 22.3 Å². The van der Waals surface area contributed by atoms with E-state index in [1.165, 1.54) is 38.8 Å². The van der Waals surface area contributed by atoms with E-state index in [1.54, 1.807) is 0 Å². The van der Waals surface area contributed by atoms with Gasteiger partial charge in [0.05, 0.1) is 0 Å². The van der Waals surface area contributed by atoms with Crippen LogP contribution in [0.3, 0.4) is 0 Å². The van der Waals surface area contributed by atoms with E-state index in [9.17, 15) is 0 Å². The summed E-state index contributed by atoms with van der Waals surface area (Å²) in [6, 6.07) is 24.1. The Labute approximate surface area is 140 Å². The Morgan fingerprint density at radius 1 is 0.652 bits per heavy atom. The number of benzene rings is 3. The highest BCUT2D eigenvalue weighted by Gasteiger charge is 2.15.